The summed E-state index contributed by atoms with van der Waals surface area (Å²) in [5, 5.41) is 3.38. The third kappa shape index (κ3) is 5.77. The first-order chi connectivity index (χ1) is 8.97. The van der Waals surface area contributed by atoms with Crippen LogP contribution in [-0.4, -0.2) is 44.9 Å². The Balaban J connectivity index is 2.56. The van der Waals surface area contributed by atoms with Gasteiger partial charge in [0.25, 0.3) is 10.2 Å². The number of nitrogens with one attached hydrogen (secondary N) is 2. The second-order valence-electron chi connectivity index (χ2n) is 5.71. The summed E-state index contributed by atoms with van der Waals surface area (Å²) in [5.74, 6) is 0.590. The molecule has 0 saturated carbocycles. The summed E-state index contributed by atoms with van der Waals surface area (Å²) >= 11 is 0. The first-order valence-corrected chi connectivity index (χ1v) is 8.88. The van der Waals surface area contributed by atoms with Crippen LogP contribution in [0.2, 0.25) is 0 Å². The molecule has 0 amide bonds. The molecule has 0 aromatic heterocycles. The summed E-state index contributed by atoms with van der Waals surface area (Å²) in [6.45, 7) is 9.15. The lowest BCUT2D eigenvalue weighted by atomic mass is 10.0. The summed E-state index contributed by atoms with van der Waals surface area (Å²) in [4.78, 5) is 0. The molecule has 1 saturated heterocycles. The van der Waals surface area contributed by atoms with Crippen molar-refractivity contribution in [3.05, 3.63) is 0 Å². The van der Waals surface area contributed by atoms with Crippen molar-refractivity contribution in [2.75, 3.05) is 26.2 Å². The number of rotatable bonds is 8. The van der Waals surface area contributed by atoms with E-state index in [1.165, 1.54) is 0 Å². The summed E-state index contributed by atoms with van der Waals surface area (Å²) in [6.07, 6.45) is 3.86. The lowest BCUT2D eigenvalue weighted by molar-refractivity contribution is 0.241. The molecular weight excluding hydrogens is 262 g/mol. The molecule has 1 unspecified atom stereocenters. The van der Waals surface area contributed by atoms with Gasteiger partial charge in [0.1, 0.15) is 0 Å². The molecule has 1 rings (SSSR count). The average Bonchev–Trinajstić information content (AvgIpc) is 2.36. The van der Waals surface area contributed by atoms with Crippen molar-refractivity contribution in [3.63, 3.8) is 0 Å². The summed E-state index contributed by atoms with van der Waals surface area (Å²) in [7, 11) is -3.30. The van der Waals surface area contributed by atoms with Gasteiger partial charge in [-0.05, 0) is 31.7 Å². The fourth-order valence-electron chi connectivity index (χ4n) is 2.35. The third-order valence-electron chi connectivity index (χ3n) is 3.35. The van der Waals surface area contributed by atoms with E-state index < -0.39 is 10.2 Å². The minimum Gasteiger partial charge on any atom is -0.315 e. The summed E-state index contributed by atoms with van der Waals surface area (Å²) in [6, 6.07) is 0.0989. The van der Waals surface area contributed by atoms with Gasteiger partial charge in [0.15, 0.2) is 0 Å². The van der Waals surface area contributed by atoms with Gasteiger partial charge in [-0.2, -0.15) is 12.7 Å². The molecule has 5 nitrogen and oxygen atoms in total. The average molecular weight is 291 g/mol. The van der Waals surface area contributed by atoms with E-state index in [1.54, 1.807) is 4.31 Å². The maximum absolute atomic E-state index is 12.2. The largest absolute Gasteiger partial charge is 0.315 e. The van der Waals surface area contributed by atoms with Crippen LogP contribution in [0.3, 0.4) is 0 Å². The van der Waals surface area contributed by atoms with Crippen molar-refractivity contribution >= 4 is 10.2 Å². The van der Waals surface area contributed by atoms with E-state index >= 15 is 0 Å². The van der Waals surface area contributed by atoms with E-state index in [0.717, 1.165) is 38.8 Å². The molecule has 6 heteroatoms. The monoisotopic (exact) mass is 291 g/mol. The first-order valence-electron chi connectivity index (χ1n) is 7.44. The fraction of sp³-hybridized carbons (Fsp3) is 1.00. The molecule has 0 aromatic carbocycles. The second kappa shape index (κ2) is 8.19. The Bertz CT molecular complexity index is 344. The van der Waals surface area contributed by atoms with Crippen molar-refractivity contribution in [1.29, 1.82) is 0 Å². The van der Waals surface area contributed by atoms with Gasteiger partial charge in [-0.25, -0.2) is 4.72 Å². The highest BCUT2D eigenvalue weighted by atomic mass is 32.2. The predicted octanol–water partition coefficient (Wildman–Crippen LogP) is 1.33. The molecule has 1 atom stereocenters. The number of hydrogen-bond donors (Lipinski definition) is 2. The minimum absolute atomic E-state index is 0.0989. The van der Waals surface area contributed by atoms with Gasteiger partial charge in [-0.3, -0.25) is 0 Å². The lowest BCUT2D eigenvalue weighted by Crippen LogP contribution is -2.52. The van der Waals surface area contributed by atoms with Gasteiger partial charge in [0.2, 0.25) is 0 Å². The number of nitrogens with zero attached hydrogens (tertiary/aromatic N) is 1. The molecule has 0 bridgehead atoms. The molecule has 0 aliphatic carbocycles. The van der Waals surface area contributed by atoms with Gasteiger partial charge in [0.05, 0.1) is 0 Å². The van der Waals surface area contributed by atoms with Crippen LogP contribution in [0.25, 0.3) is 0 Å². The van der Waals surface area contributed by atoms with Crippen molar-refractivity contribution < 1.29 is 8.42 Å². The van der Waals surface area contributed by atoms with E-state index in [1.807, 2.05) is 6.92 Å². The number of hydrogen-bond acceptors (Lipinski definition) is 3. The Morgan fingerprint density at radius 3 is 2.68 bits per heavy atom. The topological polar surface area (TPSA) is 61.4 Å². The van der Waals surface area contributed by atoms with Gasteiger partial charge >= 0.3 is 0 Å². The molecule has 114 valence electrons. The first kappa shape index (κ1) is 16.9. The summed E-state index contributed by atoms with van der Waals surface area (Å²) in [5.41, 5.74) is 0. The fourth-order valence-corrected chi connectivity index (χ4v) is 3.92. The van der Waals surface area contributed by atoms with Crippen LogP contribution in [0, 0.1) is 5.92 Å². The van der Waals surface area contributed by atoms with Crippen LogP contribution in [0.4, 0.5) is 0 Å². The van der Waals surface area contributed by atoms with Gasteiger partial charge < -0.3 is 5.32 Å². The second-order valence-corrected chi connectivity index (χ2v) is 7.42. The van der Waals surface area contributed by atoms with Crippen LogP contribution in [0.1, 0.15) is 46.5 Å². The SMILES string of the molecule is CCCNS(=O)(=O)N1CCCCC1CNCC(C)C. The highest BCUT2D eigenvalue weighted by Gasteiger charge is 2.31. The zero-order valence-corrected chi connectivity index (χ0v) is 13.3. The minimum atomic E-state index is -3.30. The van der Waals surface area contributed by atoms with Gasteiger partial charge in [0, 0.05) is 25.7 Å². The third-order valence-corrected chi connectivity index (χ3v) is 5.02. The Hall–Kier alpha value is -0.170. The van der Waals surface area contributed by atoms with Crippen molar-refractivity contribution in [1.82, 2.24) is 14.3 Å². The van der Waals surface area contributed by atoms with Crippen molar-refractivity contribution in [2.24, 2.45) is 5.92 Å². The maximum Gasteiger partial charge on any atom is 0.279 e. The van der Waals surface area contributed by atoms with Crippen LogP contribution < -0.4 is 10.0 Å². The van der Waals surface area contributed by atoms with E-state index in [9.17, 15) is 8.42 Å². The molecule has 0 aromatic rings. The molecule has 0 spiro atoms. The van der Waals surface area contributed by atoms with E-state index in [0.29, 0.717) is 19.0 Å². The van der Waals surface area contributed by atoms with Crippen LogP contribution >= 0.6 is 0 Å². The molecule has 2 N–H and O–H groups in total. The Labute approximate surface area is 118 Å². The smallest absolute Gasteiger partial charge is 0.279 e. The molecule has 19 heavy (non-hydrogen) atoms. The van der Waals surface area contributed by atoms with Crippen LogP contribution in [0.5, 0.6) is 0 Å². The highest BCUT2D eigenvalue weighted by Crippen LogP contribution is 2.19. The quantitative estimate of drug-likeness (QED) is 0.709. The predicted molar refractivity (Wildman–Crippen MR) is 79.3 cm³/mol. The summed E-state index contributed by atoms with van der Waals surface area (Å²) < 4.78 is 28.8. The molecule has 0 radical (unpaired) electrons. The van der Waals surface area contributed by atoms with Crippen molar-refractivity contribution in [3.8, 4) is 0 Å². The molecular formula is C13H29N3O2S. The molecule has 1 aliphatic heterocycles. The zero-order valence-electron chi connectivity index (χ0n) is 12.5. The standard InChI is InChI=1S/C13H29N3O2S/c1-4-8-15-19(17,18)16-9-6-5-7-13(16)11-14-10-12(2)3/h12-15H,4-11H2,1-3H3. The Kier molecular flexibility index (Phi) is 7.28. The Morgan fingerprint density at radius 2 is 2.05 bits per heavy atom. The van der Waals surface area contributed by atoms with E-state index in [-0.39, 0.29) is 6.04 Å². The normalized spacial score (nSPS) is 22.0. The molecule has 1 fully saturated rings. The van der Waals surface area contributed by atoms with Crippen LogP contribution in [0.15, 0.2) is 0 Å². The lowest BCUT2D eigenvalue weighted by Gasteiger charge is -2.34. The van der Waals surface area contributed by atoms with Gasteiger partial charge in [-0.15, -0.1) is 0 Å². The highest BCUT2D eigenvalue weighted by molar-refractivity contribution is 7.87. The maximum atomic E-state index is 12.2. The van der Waals surface area contributed by atoms with Crippen molar-refractivity contribution in [2.45, 2.75) is 52.5 Å². The van der Waals surface area contributed by atoms with Gasteiger partial charge in [-0.1, -0.05) is 27.2 Å². The zero-order chi connectivity index (χ0) is 14.3. The molecule has 1 aliphatic rings. The van der Waals surface area contributed by atoms with E-state index in [4.69, 9.17) is 0 Å². The Morgan fingerprint density at radius 1 is 1.32 bits per heavy atom. The van der Waals surface area contributed by atoms with E-state index in [2.05, 4.69) is 23.9 Å². The molecule has 1 heterocycles. The van der Waals surface area contributed by atoms with Crippen LogP contribution in [-0.2, 0) is 10.2 Å². The number of piperidine rings is 1.